The molecule has 0 aromatic heterocycles. The molecule has 1 aromatic rings. The lowest BCUT2D eigenvalue weighted by Crippen LogP contribution is -3.09. The molecule has 0 radical (unpaired) electrons. The molecule has 1 N–H and O–H groups in total. The Kier molecular flexibility index (Phi) is 4.63. The predicted molar refractivity (Wildman–Crippen MR) is 96.9 cm³/mol. The molecular weight excluding hydrogens is 280 g/mol. The second-order valence-corrected chi connectivity index (χ2v) is 6.52. The van der Waals surface area contributed by atoms with Crippen molar-refractivity contribution >= 4 is 0 Å². The Hall–Kier alpha value is -2.32. The Morgan fingerprint density at radius 2 is 1.61 bits per heavy atom. The first kappa shape index (κ1) is 15.6. The average molecular weight is 305 g/mol. The fraction of sp³-hybridized carbons (Fsp3) is 0.238. The molecule has 1 aliphatic heterocycles. The van der Waals surface area contributed by atoms with Crippen molar-refractivity contribution in [2.24, 2.45) is 0 Å². The van der Waals surface area contributed by atoms with Crippen molar-refractivity contribution in [2.75, 3.05) is 14.1 Å². The number of nitrogens with one attached hydrogen (secondary N) is 1. The maximum Gasteiger partial charge on any atom is 0.125 e. The van der Waals surface area contributed by atoms with E-state index in [0.717, 1.165) is 6.54 Å². The Morgan fingerprint density at radius 1 is 0.957 bits per heavy atom. The van der Waals surface area contributed by atoms with E-state index in [9.17, 15) is 0 Å². The SMILES string of the molecule is Cc1cccc(CN2C=CC(=C3C=CC([NH+](C)C)C=C3)C=C2)c1. The molecule has 0 bridgehead atoms. The Bertz CT molecular complexity index is 685. The maximum absolute atomic E-state index is 2.28. The average Bonchev–Trinajstić information content (AvgIpc) is 2.56. The van der Waals surface area contributed by atoms with Crippen LogP contribution in [0.25, 0.3) is 0 Å². The van der Waals surface area contributed by atoms with Crippen LogP contribution < -0.4 is 4.90 Å². The van der Waals surface area contributed by atoms with Crippen molar-refractivity contribution in [3.63, 3.8) is 0 Å². The zero-order valence-corrected chi connectivity index (χ0v) is 14.2. The second-order valence-electron chi connectivity index (χ2n) is 6.52. The highest BCUT2D eigenvalue weighted by Crippen LogP contribution is 2.20. The van der Waals surface area contributed by atoms with Gasteiger partial charge < -0.3 is 9.80 Å². The molecule has 2 aliphatic rings. The van der Waals surface area contributed by atoms with Crippen LogP contribution in [0, 0.1) is 6.92 Å². The van der Waals surface area contributed by atoms with E-state index in [1.807, 2.05) is 0 Å². The predicted octanol–water partition coefficient (Wildman–Crippen LogP) is 2.77. The minimum absolute atomic E-state index is 0.480. The summed E-state index contributed by atoms with van der Waals surface area (Å²) in [5.74, 6) is 0. The van der Waals surface area contributed by atoms with Gasteiger partial charge in [0.2, 0.25) is 0 Å². The van der Waals surface area contributed by atoms with Crippen molar-refractivity contribution < 1.29 is 4.90 Å². The molecule has 0 spiro atoms. The normalized spacial score (nSPS) is 20.0. The van der Waals surface area contributed by atoms with Gasteiger partial charge in [0.05, 0.1) is 14.1 Å². The van der Waals surface area contributed by atoms with Gasteiger partial charge in [-0.15, -0.1) is 0 Å². The maximum atomic E-state index is 2.28. The summed E-state index contributed by atoms with van der Waals surface area (Å²) < 4.78 is 0. The summed E-state index contributed by atoms with van der Waals surface area (Å²) in [5.41, 5.74) is 5.20. The van der Waals surface area contributed by atoms with E-state index in [2.05, 4.69) is 99.0 Å². The number of aryl methyl sites for hydroxylation is 1. The summed E-state index contributed by atoms with van der Waals surface area (Å²) in [5, 5.41) is 0. The van der Waals surface area contributed by atoms with Crippen molar-refractivity contribution in [1.29, 1.82) is 0 Å². The molecule has 0 fully saturated rings. The number of hydrogen-bond donors (Lipinski definition) is 1. The number of hydrogen-bond acceptors (Lipinski definition) is 1. The summed E-state index contributed by atoms with van der Waals surface area (Å²) in [4.78, 5) is 3.66. The molecule has 0 amide bonds. The van der Waals surface area contributed by atoms with Crippen LogP contribution in [0.5, 0.6) is 0 Å². The molecule has 0 atom stereocenters. The fourth-order valence-electron chi connectivity index (χ4n) is 2.89. The first-order valence-electron chi connectivity index (χ1n) is 8.20. The van der Waals surface area contributed by atoms with Gasteiger partial charge >= 0.3 is 0 Å². The zero-order valence-electron chi connectivity index (χ0n) is 14.2. The van der Waals surface area contributed by atoms with Gasteiger partial charge in [0.25, 0.3) is 0 Å². The van der Waals surface area contributed by atoms with Gasteiger partial charge in [-0.3, -0.25) is 0 Å². The molecule has 1 aromatic carbocycles. The van der Waals surface area contributed by atoms with Crippen LogP contribution in [0.3, 0.4) is 0 Å². The highest BCUT2D eigenvalue weighted by atomic mass is 15.1. The summed E-state index contributed by atoms with van der Waals surface area (Å²) in [6, 6.07) is 9.16. The van der Waals surface area contributed by atoms with Gasteiger partial charge in [0.1, 0.15) is 6.04 Å². The van der Waals surface area contributed by atoms with Gasteiger partial charge in [0, 0.05) is 18.9 Å². The molecule has 3 rings (SSSR count). The standard InChI is InChI=1S/C21H24N2/c1-17-5-4-6-18(15-17)16-23-13-11-20(12-14-23)19-7-9-21(10-8-19)22(2)3/h4-15,21H,16H2,1-3H3/p+1. The molecule has 2 heteroatoms. The smallest absolute Gasteiger partial charge is 0.125 e. The summed E-state index contributed by atoms with van der Waals surface area (Å²) in [6.07, 6.45) is 17.7. The lowest BCUT2D eigenvalue weighted by Gasteiger charge is -2.21. The zero-order chi connectivity index (χ0) is 16.2. The largest absolute Gasteiger partial charge is 0.350 e. The monoisotopic (exact) mass is 305 g/mol. The summed E-state index contributed by atoms with van der Waals surface area (Å²) >= 11 is 0. The molecule has 1 aliphatic carbocycles. The lowest BCUT2D eigenvalue weighted by atomic mass is 9.99. The van der Waals surface area contributed by atoms with Crippen LogP contribution in [-0.2, 0) is 6.54 Å². The molecule has 1 heterocycles. The van der Waals surface area contributed by atoms with Crippen molar-refractivity contribution in [3.05, 3.63) is 95.4 Å². The van der Waals surface area contributed by atoms with Crippen LogP contribution in [0.15, 0.2) is 84.3 Å². The van der Waals surface area contributed by atoms with Crippen LogP contribution in [0.2, 0.25) is 0 Å². The number of nitrogens with zero attached hydrogens (tertiary/aromatic N) is 1. The third-order valence-electron chi connectivity index (χ3n) is 4.31. The Balaban J connectivity index is 1.68. The Morgan fingerprint density at radius 3 is 2.22 bits per heavy atom. The highest BCUT2D eigenvalue weighted by molar-refractivity contribution is 5.50. The van der Waals surface area contributed by atoms with Gasteiger partial charge in [-0.1, -0.05) is 42.0 Å². The summed E-state index contributed by atoms with van der Waals surface area (Å²) in [7, 11) is 4.36. The number of quaternary nitrogens is 1. The van der Waals surface area contributed by atoms with Gasteiger partial charge in [0.15, 0.2) is 0 Å². The van der Waals surface area contributed by atoms with E-state index >= 15 is 0 Å². The van der Waals surface area contributed by atoms with E-state index in [0.29, 0.717) is 6.04 Å². The van der Waals surface area contributed by atoms with Crippen molar-refractivity contribution in [2.45, 2.75) is 19.5 Å². The van der Waals surface area contributed by atoms with Gasteiger partial charge in [-0.25, -0.2) is 0 Å². The molecule has 0 saturated carbocycles. The third kappa shape index (κ3) is 3.91. The number of benzene rings is 1. The number of allylic oxidation sites excluding steroid dienone is 6. The minimum atomic E-state index is 0.480. The molecule has 0 saturated heterocycles. The van der Waals surface area contributed by atoms with Crippen molar-refractivity contribution in [1.82, 2.24) is 4.90 Å². The molecule has 23 heavy (non-hydrogen) atoms. The van der Waals surface area contributed by atoms with Gasteiger partial charge in [-0.2, -0.15) is 0 Å². The lowest BCUT2D eigenvalue weighted by molar-refractivity contribution is -0.871. The molecular formula is C21H25N2+. The second kappa shape index (κ2) is 6.84. The van der Waals surface area contributed by atoms with Crippen LogP contribution in [0.4, 0.5) is 0 Å². The first-order chi connectivity index (χ1) is 11.1. The van der Waals surface area contributed by atoms with E-state index < -0.39 is 0 Å². The molecule has 0 unspecified atom stereocenters. The van der Waals surface area contributed by atoms with E-state index in [1.165, 1.54) is 27.2 Å². The highest BCUT2D eigenvalue weighted by Gasteiger charge is 2.12. The Labute approximate surface area is 139 Å². The fourth-order valence-corrected chi connectivity index (χ4v) is 2.89. The quantitative estimate of drug-likeness (QED) is 0.902. The number of rotatable bonds is 3. The summed E-state index contributed by atoms with van der Waals surface area (Å²) in [6.45, 7) is 3.05. The van der Waals surface area contributed by atoms with E-state index in [1.54, 1.807) is 0 Å². The molecule has 2 nitrogen and oxygen atoms in total. The number of likely N-dealkylation sites (N-methyl/N-ethyl adjacent to an activating group) is 1. The third-order valence-corrected chi connectivity index (χ3v) is 4.31. The van der Waals surface area contributed by atoms with Crippen LogP contribution >= 0.6 is 0 Å². The van der Waals surface area contributed by atoms with E-state index in [4.69, 9.17) is 0 Å². The van der Waals surface area contributed by atoms with Gasteiger partial charge in [-0.05, 0) is 47.9 Å². The van der Waals surface area contributed by atoms with E-state index in [-0.39, 0.29) is 0 Å². The first-order valence-corrected chi connectivity index (χ1v) is 8.20. The minimum Gasteiger partial charge on any atom is -0.350 e. The van der Waals surface area contributed by atoms with Crippen LogP contribution in [0.1, 0.15) is 11.1 Å². The van der Waals surface area contributed by atoms with Crippen molar-refractivity contribution in [3.8, 4) is 0 Å². The molecule has 118 valence electrons. The van der Waals surface area contributed by atoms with Crippen LogP contribution in [-0.4, -0.2) is 25.0 Å². The topological polar surface area (TPSA) is 7.68 Å².